The summed E-state index contributed by atoms with van der Waals surface area (Å²) >= 11 is 0. The molecule has 0 aliphatic carbocycles. The van der Waals surface area contributed by atoms with Crippen molar-refractivity contribution in [1.82, 2.24) is 4.90 Å². The number of benzene rings is 2. The van der Waals surface area contributed by atoms with Crippen molar-refractivity contribution in [3.05, 3.63) is 59.7 Å². The maximum absolute atomic E-state index is 11.2. The molecule has 138 valence electrons. The highest BCUT2D eigenvalue weighted by atomic mass is 16.5. The molecule has 0 unspecified atom stereocenters. The summed E-state index contributed by atoms with van der Waals surface area (Å²) in [5.41, 5.74) is 1.48. The molecule has 26 heavy (non-hydrogen) atoms. The van der Waals surface area contributed by atoms with Crippen molar-refractivity contribution in [3.63, 3.8) is 0 Å². The molecule has 0 amide bonds. The summed E-state index contributed by atoms with van der Waals surface area (Å²) in [7, 11) is 1.65. The van der Waals surface area contributed by atoms with Crippen LogP contribution in [0.5, 0.6) is 11.5 Å². The monoisotopic (exact) mass is 355 g/mol. The topological polar surface area (TPSA) is 59.0 Å². The predicted octanol–water partition coefficient (Wildman–Crippen LogP) is 3.65. The van der Waals surface area contributed by atoms with E-state index >= 15 is 0 Å². The Labute approximate surface area is 154 Å². The van der Waals surface area contributed by atoms with Gasteiger partial charge >= 0.3 is 5.97 Å². The van der Waals surface area contributed by atoms with Gasteiger partial charge in [-0.05, 0) is 55.1 Å². The highest BCUT2D eigenvalue weighted by Crippen LogP contribution is 2.27. The number of carboxylic acid groups (broad SMARTS) is 1. The fourth-order valence-electron chi connectivity index (χ4n) is 3.44. The van der Waals surface area contributed by atoms with Crippen molar-refractivity contribution < 1.29 is 19.4 Å². The van der Waals surface area contributed by atoms with Crippen LogP contribution in [0.1, 0.15) is 34.7 Å². The zero-order valence-corrected chi connectivity index (χ0v) is 15.1. The largest absolute Gasteiger partial charge is 0.497 e. The molecule has 1 aliphatic rings. The highest BCUT2D eigenvalue weighted by molar-refractivity contribution is 5.87. The number of hydrogen-bond donors (Lipinski definition) is 1. The number of rotatable bonds is 7. The van der Waals surface area contributed by atoms with Crippen LogP contribution in [0.3, 0.4) is 0 Å². The van der Waals surface area contributed by atoms with Crippen LogP contribution in [0.4, 0.5) is 0 Å². The maximum atomic E-state index is 11.2. The summed E-state index contributed by atoms with van der Waals surface area (Å²) < 4.78 is 11.1. The van der Waals surface area contributed by atoms with E-state index < -0.39 is 5.97 Å². The minimum Gasteiger partial charge on any atom is -0.497 e. The predicted molar refractivity (Wildman–Crippen MR) is 100 cm³/mol. The first-order chi connectivity index (χ1) is 12.7. The van der Waals surface area contributed by atoms with Crippen LogP contribution < -0.4 is 9.47 Å². The normalized spacial score (nSPS) is 17.7. The Morgan fingerprint density at radius 1 is 1.19 bits per heavy atom. The van der Waals surface area contributed by atoms with Gasteiger partial charge in [-0.25, -0.2) is 4.79 Å². The Bertz CT molecular complexity index is 746. The molecule has 1 fully saturated rings. The summed E-state index contributed by atoms with van der Waals surface area (Å²) in [4.78, 5) is 13.6. The van der Waals surface area contributed by atoms with Crippen molar-refractivity contribution in [3.8, 4) is 11.5 Å². The molecule has 0 bridgehead atoms. The molecule has 1 atom stereocenters. The van der Waals surface area contributed by atoms with Gasteiger partial charge in [0.1, 0.15) is 18.1 Å². The lowest BCUT2D eigenvalue weighted by molar-refractivity contribution is 0.0696. The van der Waals surface area contributed by atoms with Gasteiger partial charge in [-0.1, -0.05) is 18.2 Å². The van der Waals surface area contributed by atoms with Gasteiger partial charge in [-0.2, -0.15) is 0 Å². The Morgan fingerprint density at radius 2 is 2.00 bits per heavy atom. The van der Waals surface area contributed by atoms with Gasteiger partial charge in [-0.15, -0.1) is 0 Å². The SMILES string of the molecule is COc1cccc(OCCN2CCC[C@@H](c3cccc(C(=O)O)c3)C2)c1. The first-order valence-electron chi connectivity index (χ1n) is 8.98. The second kappa shape index (κ2) is 8.72. The molecular weight excluding hydrogens is 330 g/mol. The molecule has 2 aromatic rings. The van der Waals surface area contributed by atoms with Gasteiger partial charge in [0, 0.05) is 19.2 Å². The number of carboxylic acids is 1. The van der Waals surface area contributed by atoms with Gasteiger partial charge in [-0.3, -0.25) is 4.90 Å². The van der Waals surface area contributed by atoms with E-state index in [1.807, 2.05) is 42.5 Å². The van der Waals surface area contributed by atoms with Crippen LogP contribution in [0.15, 0.2) is 48.5 Å². The van der Waals surface area contributed by atoms with Gasteiger partial charge < -0.3 is 14.6 Å². The standard InChI is InChI=1S/C21H25NO4/c1-25-19-8-3-9-20(14-19)26-12-11-22-10-4-7-18(15-22)16-5-2-6-17(13-16)21(23)24/h2-3,5-6,8-9,13-14,18H,4,7,10-12,15H2,1H3,(H,23,24)/t18-/m1/s1. The Kier molecular flexibility index (Phi) is 6.12. The average molecular weight is 355 g/mol. The summed E-state index contributed by atoms with van der Waals surface area (Å²) in [5.74, 6) is 1.11. The van der Waals surface area contributed by atoms with E-state index in [2.05, 4.69) is 4.90 Å². The van der Waals surface area contributed by atoms with Gasteiger partial charge in [0.05, 0.1) is 12.7 Å². The smallest absolute Gasteiger partial charge is 0.335 e. The van der Waals surface area contributed by atoms with E-state index in [1.54, 1.807) is 13.2 Å². The highest BCUT2D eigenvalue weighted by Gasteiger charge is 2.21. The van der Waals surface area contributed by atoms with Gasteiger partial charge in [0.15, 0.2) is 0 Å². The molecule has 3 rings (SSSR count). The van der Waals surface area contributed by atoms with E-state index in [0.29, 0.717) is 18.1 Å². The number of aromatic carboxylic acids is 1. The lowest BCUT2D eigenvalue weighted by Gasteiger charge is -2.33. The second-order valence-corrected chi connectivity index (χ2v) is 6.60. The van der Waals surface area contributed by atoms with Crippen molar-refractivity contribution in [2.75, 3.05) is 33.4 Å². The van der Waals surface area contributed by atoms with E-state index in [9.17, 15) is 9.90 Å². The fourth-order valence-corrected chi connectivity index (χ4v) is 3.44. The van der Waals surface area contributed by atoms with E-state index in [4.69, 9.17) is 9.47 Å². The van der Waals surface area contributed by atoms with Crippen LogP contribution in [-0.4, -0.2) is 49.3 Å². The molecule has 0 aromatic heterocycles. The maximum Gasteiger partial charge on any atom is 0.335 e. The third-order valence-electron chi connectivity index (χ3n) is 4.83. The van der Waals surface area contributed by atoms with Crippen molar-refractivity contribution in [2.24, 2.45) is 0 Å². The minimum atomic E-state index is -0.869. The van der Waals surface area contributed by atoms with Crippen LogP contribution in [0.25, 0.3) is 0 Å². The summed E-state index contributed by atoms with van der Waals surface area (Å²) in [6.45, 7) is 3.46. The lowest BCUT2D eigenvalue weighted by Crippen LogP contribution is -2.37. The summed E-state index contributed by atoms with van der Waals surface area (Å²) in [5, 5.41) is 9.19. The molecule has 0 spiro atoms. The molecule has 0 radical (unpaired) electrons. The van der Waals surface area contributed by atoms with Crippen LogP contribution in [0, 0.1) is 0 Å². The lowest BCUT2D eigenvalue weighted by atomic mass is 9.90. The first kappa shape index (κ1) is 18.3. The van der Waals surface area contributed by atoms with Crippen molar-refractivity contribution in [2.45, 2.75) is 18.8 Å². The molecular formula is C21H25NO4. The quantitative estimate of drug-likeness (QED) is 0.821. The number of piperidine rings is 1. The van der Waals surface area contributed by atoms with Gasteiger partial charge in [0.2, 0.25) is 0 Å². The third-order valence-corrected chi connectivity index (χ3v) is 4.83. The fraction of sp³-hybridized carbons (Fsp3) is 0.381. The average Bonchev–Trinajstić information content (AvgIpc) is 2.68. The third kappa shape index (κ3) is 4.76. The Morgan fingerprint density at radius 3 is 2.81 bits per heavy atom. The molecule has 1 heterocycles. The van der Waals surface area contributed by atoms with Crippen LogP contribution >= 0.6 is 0 Å². The summed E-state index contributed by atoms with van der Waals surface area (Å²) in [6, 6.07) is 15.0. The number of methoxy groups -OCH3 is 1. The number of ether oxygens (including phenoxy) is 2. The molecule has 1 N–H and O–H groups in total. The number of hydrogen-bond acceptors (Lipinski definition) is 4. The Balaban J connectivity index is 1.53. The van der Waals surface area contributed by atoms with Crippen LogP contribution in [-0.2, 0) is 0 Å². The summed E-state index contributed by atoms with van der Waals surface area (Å²) in [6.07, 6.45) is 2.21. The zero-order chi connectivity index (χ0) is 18.4. The number of carbonyl (C=O) groups is 1. The molecule has 0 saturated carbocycles. The second-order valence-electron chi connectivity index (χ2n) is 6.60. The first-order valence-corrected chi connectivity index (χ1v) is 8.98. The zero-order valence-electron chi connectivity index (χ0n) is 15.1. The Hall–Kier alpha value is -2.53. The van der Waals surface area contributed by atoms with Crippen molar-refractivity contribution >= 4 is 5.97 Å². The van der Waals surface area contributed by atoms with E-state index in [-0.39, 0.29) is 0 Å². The van der Waals surface area contributed by atoms with Gasteiger partial charge in [0.25, 0.3) is 0 Å². The molecule has 5 nitrogen and oxygen atoms in total. The van der Waals surface area contributed by atoms with E-state index in [1.165, 1.54) is 0 Å². The molecule has 1 aliphatic heterocycles. The van der Waals surface area contributed by atoms with Crippen LogP contribution in [0.2, 0.25) is 0 Å². The molecule has 2 aromatic carbocycles. The number of likely N-dealkylation sites (tertiary alicyclic amines) is 1. The molecule has 1 saturated heterocycles. The number of nitrogens with zero attached hydrogens (tertiary/aromatic N) is 1. The minimum absolute atomic E-state index is 0.362. The van der Waals surface area contributed by atoms with Crippen molar-refractivity contribution in [1.29, 1.82) is 0 Å². The van der Waals surface area contributed by atoms with E-state index in [0.717, 1.165) is 49.5 Å². The molecule has 5 heteroatoms.